The molecule has 1 N–H and O–H groups in total. The minimum absolute atomic E-state index is 0.0150. The summed E-state index contributed by atoms with van der Waals surface area (Å²) in [4.78, 5) is 9.98. The van der Waals surface area contributed by atoms with E-state index in [2.05, 4.69) is 4.72 Å². The summed E-state index contributed by atoms with van der Waals surface area (Å²) in [5.41, 5.74) is 0.891. The third kappa shape index (κ3) is 4.11. The number of sulfonamides is 1. The average molecular weight is 306 g/mol. The summed E-state index contributed by atoms with van der Waals surface area (Å²) in [6, 6.07) is 14.3. The van der Waals surface area contributed by atoms with Crippen molar-refractivity contribution in [2.45, 2.75) is 11.3 Å². The second-order valence-electron chi connectivity index (χ2n) is 4.38. The van der Waals surface area contributed by atoms with Crippen molar-refractivity contribution in [3.05, 3.63) is 70.3 Å². The van der Waals surface area contributed by atoms with Gasteiger partial charge in [-0.15, -0.1) is 0 Å². The fourth-order valence-electron chi connectivity index (χ4n) is 1.80. The van der Waals surface area contributed by atoms with Crippen LogP contribution in [0.2, 0.25) is 0 Å². The van der Waals surface area contributed by atoms with Gasteiger partial charge in [0.2, 0.25) is 10.0 Å². The molecular weight excluding hydrogens is 292 g/mol. The van der Waals surface area contributed by atoms with Crippen LogP contribution in [0, 0.1) is 10.1 Å². The number of hydrogen-bond donors (Lipinski definition) is 1. The summed E-state index contributed by atoms with van der Waals surface area (Å²) in [5, 5.41) is 10.5. The SMILES string of the molecule is O=[N+]([O-])c1ccc(S(=O)(=O)NCCc2ccccc2)cc1. The number of nitrogens with one attached hydrogen (secondary N) is 1. The van der Waals surface area contributed by atoms with Crippen molar-refractivity contribution in [2.75, 3.05) is 6.54 Å². The molecule has 2 aromatic rings. The van der Waals surface area contributed by atoms with Gasteiger partial charge in [0.15, 0.2) is 0 Å². The van der Waals surface area contributed by atoms with Gasteiger partial charge in [0.25, 0.3) is 5.69 Å². The zero-order valence-corrected chi connectivity index (χ0v) is 11.9. The first-order chi connectivity index (χ1) is 9.99. The molecule has 0 atom stereocenters. The molecule has 0 heterocycles. The quantitative estimate of drug-likeness (QED) is 0.654. The summed E-state index contributed by atoms with van der Waals surface area (Å²) in [6.07, 6.45) is 0.576. The Balaban J connectivity index is 2.00. The number of nitro benzene ring substituents is 1. The van der Waals surface area contributed by atoms with Crippen LogP contribution in [0.3, 0.4) is 0 Å². The van der Waals surface area contributed by atoms with E-state index in [-0.39, 0.29) is 17.1 Å². The molecule has 7 heteroatoms. The minimum Gasteiger partial charge on any atom is -0.258 e. The van der Waals surface area contributed by atoms with Gasteiger partial charge < -0.3 is 0 Å². The van der Waals surface area contributed by atoms with E-state index in [1.165, 1.54) is 24.3 Å². The largest absolute Gasteiger partial charge is 0.269 e. The average Bonchev–Trinajstić information content (AvgIpc) is 2.48. The van der Waals surface area contributed by atoms with Crippen LogP contribution in [0.15, 0.2) is 59.5 Å². The van der Waals surface area contributed by atoms with Gasteiger partial charge in [0.05, 0.1) is 9.82 Å². The third-order valence-corrected chi connectivity index (χ3v) is 4.38. The first-order valence-corrected chi connectivity index (χ1v) is 7.75. The Bertz CT molecular complexity index is 712. The van der Waals surface area contributed by atoms with Crippen molar-refractivity contribution in [1.82, 2.24) is 4.72 Å². The molecular formula is C14H14N2O4S. The first-order valence-electron chi connectivity index (χ1n) is 6.27. The van der Waals surface area contributed by atoms with Gasteiger partial charge in [-0.05, 0) is 24.1 Å². The zero-order valence-electron chi connectivity index (χ0n) is 11.1. The highest BCUT2D eigenvalue weighted by Gasteiger charge is 2.15. The molecule has 6 nitrogen and oxygen atoms in total. The molecule has 0 bridgehead atoms. The number of non-ortho nitro benzene ring substituents is 1. The highest BCUT2D eigenvalue weighted by molar-refractivity contribution is 7.89. The van der Waals surface area contributed by atoms with Crippen molar-refractivity contribution in [1.29, 1.82) is 0 Å². The molecule has 0 unspecified atom stereocenters. The lowest BCUT2D eigenvalue weighted by Crippen LogP contribution is -2.25. The maximum Gasteiger partial charge on any atom is 0.269 e. The molecule has 0 aliphatic carbocycles. The molecule has 110 valence electrons. The molecule has 0 aliphatic heterocycles. The van der Waals surface area contributed by atoms with Crippen LogP contribution in [-0.2, 0) is 16.4 Å². The first kappa shape index (κ1) is 15.1. The van der Waals surface area contributed by atoms with E-state index in [0.29, 0.717) is 6.42 Å². The predicted molar refractivity (Wildman–Crippen MR) is 78.4 cm³/mol. The fourth-order valence-corrected chi connectivity index (χ4v) is 2.84. The summed E-state index contributed by atoms with van der Waals surface area (Å²) in [5.74, 6) is 0. The highest BCUT2D eigenvalue weighted by Crippen LogP contribution is 2.15. The molecule has 0 saturated heterocycles. The lowest BCUT2D eigenvalue weighted by Gasteiger charge is -2.06. The molecule has 2 rings (SSSR count). The topological polar surface area (TPSA) is 89.3 Å². The van der Waals surface area contributed by atoms with Gasteiger partial charge in [-0.25, -0.2) is 13.1 Å². The molecule has 0 saturated carbocycles. The van der Waals surface area contributed by atoms with Gasteiger partial charge in [-0.3, -0.25) is 10.1 Å². The Hall–Kier alpha value is -2.25. The van der Waals surface area contributed by atoms with Gasteiger partial charge in [0, 0.05) is 18.7 Å². The van der Waals surface area contributed by atoms with Crippen LogP contribution in [0.5, 0.6) is 0 Å². The van der Waals surface area contributed by atoms with E-state index in [4.69, 9.17) is 0 Å². The fraction of sp³-hybridized carbons (Fsp3) is 0.143. The Morgan fingerprint density at radius 3 is 2.19 bits per heavy atom. The summed E-state index contributed by atoms with van der Waals surface area (Å²) in [7, 11) is -3.65. The monoisotopic (exact) mass is 306 g/mol. The third-order valence-electron chi connectivity index (χ3n) is 2.91. The van der Waals surface area contributed by atoms with Crippen LogP contribution in [-0.4, -0.2) is 19.9 Å². The van der Waals surface area contributed by atoms with Crippen molar-refractivity contribution >= 4 is 15.7 Å². The normalized spacial score (nSPS) is 11.2. The molecule has 0 spiro atoms. The molecule has 2 aromatic carbocycles. The molecule has 0 aliphatic rings. The van der Waals surface area contributed by atoms with Gasteiger partial charge >= 0.3 is 0 Å². The van der Waals surface area contributed by atoms with Gasteiger partial charge in [-0.2, -0.15) is 0 Å². The van der Waals surface area contributed by atoms with Crippen molar-refractivity contribution < 1.29 is 13.3 Å². The summed E-state index contributed by atoms with van der Waals surface area (Å²) < 4.78 is 26.5. The van der Waals surface area contributed by atoms with Crippen LogP contribution in [0.25, 0.3) is 0 Å². The number of nitrogens with zero attached hydrogens (tertiary/aromatic N) is 1. The van der Waals surface area contributed by atoms with E-state index in [1.807, 2.05) is 30.3 Å². The van der Waals surface area contributed by atoms with Crippen molar-refractivity contribution in [3.63, 3.8) is 0 Å². The maximum absolute atomic E-state index is 12.0. The molecule has 0 amide bonds. The Labute approximate surface area is 122 Å². The minimum atomic E-state index is -3.65. The Morgan fingerprint density at radius 2 is 1.62 bits per heavy atom. The molecule has 0 aromatic heterocycles. The number of hydrogen-bond acceptors (Lipinski definition) is 4. The molecule has 21 heavy (non-hydrogen) atoms. The highest BCUT2D eigenvalue weighted by atomic mass is 32.2. The Kier molecular flexibility index (Phi) is 4.66. The van der Waals surface area contributed by atoms with Crippen LogP contribution in [0.1, 0.15) is 5.56 Å². The number of benzene rings is 2. The second kappa shape index (κ2) is 6.47. The van der Waals surface area contributed by atoms with Crippen LogP contribution >= 0.6 is 0 Å². The zero-order chi connectivity index (χ0) is 15.3. The Morgan fingerprint density at radius 1 is 1.00 bits per heavy atom. The smallest absolute Gasteiger partial charge is 0.258 e. The number of nitro groups is 1. The lowest BCUT2D eigenvalue weighted by molar-refractivity contribution is -0.384. The van der Waals surface area contributed by atoms with E-state index in [1.54, 1.807) is 0 Å². The summed E-state index contributed by atoms with van der Waals surface area (Å²) in [6.45, 7) is 0.267. The standard InChI is InChI=1S/C14H14N2O4S/c17-16(18)13-6-8-14(9-7-13)21(19,20)15-11-10-12-4-2-1-3-5-12/h1-9,15H,10-11H2. The van der Waals surface area contributed by atoms with Gasteiger partial charge in [0.1, 0.15) is 0 Å². The molecule has 0 radical (unpaired) electrons. The van der Waals surface area contributed by atoms with E-state index in [9.17, 15) is 18.5 Å². The van der Waals surface area contributed by atoms with E-state index >= 15 is 0 Å². The van der Waals surface area contributed by atoms with Crippen molar-refractivity contribution in [2.24, 2.45) is 0 Å². The summed E-state index contributed by atoms with van der Waals surface area (Å²) >= 11 is 0. The van der Waals surface area contributed by atoms with Crippen LogP contribution < -0.4 is 4.72 Å². The van der Waals surface area contributed by atoms with Crippen molar-refractivity contribution in [3.8, 4) is 0 Å². The maximum atomic E-state index is 12.0. The second-order valence-corrected chi connectivity index (χ2v) is 6.15. The van der Waals surface area contributed by atoms with Crippen LogP contribution in [0.4, 0.5) is 5.69 Å². The van der Waals surface area contributed by atoms with Gasteiger partial charge in [-0.1, -0.05) is 30.3 Å². The molecule has 0 fully saturated rings. The van der Waals surface area contributed by atoms with E-state index in [0.717, 1.165) is 5.56 Å². The van der Waals surface area contributed by atoms with E-state index < -0.39 is 14.9 Å². The number of rotatable bonds is 6. The predicted octanol–water partition coefficient (Wildman–Crippen LogP) is 2.12. The lowest BCUT2D eigenvalue weighted by atomic mass is 10.2.